The third kappa shape index (κ3) is 5.38. The molecule has 3 rings (SSSR count). The maximum atomic E-state index is 12.5. The van der Waals surface area contributed by atoms with Crippen LogP contribution in [0.2, 0.25) is 5.02 Å². The van der Waals surface area contributed by atoms with Crippen molar-refractivity contribution in [3.8, 4) is 0 Å². The minimum Gasteiger partial charge on any atom is -0.465 e. The zero-order valence-corrected chi connectivity index (χ0v) is 18.5. The number of nitrogens with zero attached hydrogens (tertiary/aromatic N) is 1. The Bertz CT molecular complexity index is 960. The fourth-order valence-corrected chi connectivity index (χ4v) is 4.91. The lowest BCUT2D eigenvalue weighted by atomic mass is 9.95. The Balaban J connectivity index is 1.60. The van der Waals surface area contributed by atoms with Gasteiger partial charge in [0, 0.05) is 4.88 Å². The highest BCUT2D eigenvalue weighted by molar-refractivity contribution is 7.17. The topological polar surface area (TPSA) is 87.7 Å². The van der Waals surface area contributed by atoms with Gasteiger partial charge in [-0.3, -0.25) is 14.5 Å². The molecule has 0 aliphatic heterocycles. The summed E-state index contributed by atoms with van der Waals surface area (Å²) in [6.45, 7) is 0.0164. The molecule has 1 aromatic heterocycles. The second-order valence-corrected chi connectivity index (χ2v) is 8.67. The van der Waals surface area contributed by atoms with Gasteiger partial charge in [-0.05, 0) is 50.4 Å². The van der Waals surface area contributed by atoms with Crippen molar-refractivity contribution in [1.29, 1.82) is 0 Å². The normalized spacial score (nSPS) is 12.9. The van der Waals surface area contributed by atoms with Crippen LogP contribution in [-0.4, -0.2) is 49.9 Å². The van der Waals surface area contributed by atoms with Crippen LogP contribution in [0.3, 0.4) is 0 Å². The first-order valence-electron chi connectivity index (χ1n) is 9.64. The summed E-state index contributed by atoms with van der Waals surface area (Å²) >= 11 is 7.48. The lowest BCUT2D eigenvalue weighted by Gasteiger charge is -2.16. The summed E-state index contributed by atoms with van der Waals surface area (Å²) in [5, 5.41) is 6.52. The number of ether oxygens (including phenoxy) is 1. The number of esters is 1. The molecule has 1 heterocycles. The zero-order valence-electron chi connectivity index (χ0n) is 16.9. The van der Waals surface area contributed by atoms with Crippen LogP contribution in [0.1, 0.15) is 33.6 Å². The quantitative estimate of drug-likeness (QED) is 0.631. The SMILES string of the molecule is COC(=O)c1c(NC(=O)CN(C)CC(=O)Nc2ccccc2Cl)sc2c1CCCC2. The van der Waals surface area contributed by atoms with Crippen molar-refractivity contribution in [2.45, 2.75) is 25.7 Å². The maximum Gasteiger partial charge on any atom is 0.341 e. The van der Waals surface area contributed by atoms with Gasteiger partial charge in [-0.25, -0.2) is 4.79 Å². The number of carbonyl (C=O) groups excluding carboxylic acids is 3. The fraction of sp³-hybridized carbons (Fsp3) is 0.381. The predicted molar refractivity (Wildman–Crippen MR) is 119 cm³/mol. The molecule has 30 heavy (non-hydrogen) atoms. The number of carbonyl (C=O) groups is 3. The highest BCUT2D eigenvalue weighted by Crippen LogP contribution is 2.38. The predicted octanol–water partition coefficient (Wildman–Crippen LogP) is 3.58. The number of rotatable bonds is 7. The molecule has 1 aromatic carbocycles. The molecular weight excluding hydrogens is 426 g/mol. The van der Waals surface area contributed by atoms with Crippen LogP contribution in [-0.2, 0) is 27.2 Å². The molecule has 0 radical (unpaired) electrons. The Labute approximate surface area is 184 Å². The number of nitrogens with one attached hydrogen (secondary N) is 2. The summed E-state index contributed by atoms with van der Waals surface area (Å²) in [7, 11) is 3.01. The highest BCUT2D eigenvalue weighted by Gasteiger charge is 2.27. The largest absolute Gasteiger partial charge is 0.465 e. The number of para-hydroxylation sites is 1. The third-order valence-corrected chi connectivity index (χ3v) is 6.33. The van der Waals surface area contributed by atoms with Crippen molar-refractivity contribution in [2.75, 3.05) is 37.9 Å². The van der Waals surface area contributed by atoms with Crippen LogP contribution in [0.25, 0.3) is 0 Å². The van der Waals surface area contributed by atoms with E-state index in [0.29, 0.717) is 21.3 Å². The van der Waals surface area contributed by atoms with Gasteiger partial charge >= 0.3 is 5.97 Å². The first-order valence-corrected chi connectivity index (χ1v) is 10.8. The highest BCUT2D eigenvalue weighted by atomic mass is 35.5. The Hall–Kier alpha value is -2.42. The maximum absolute atomic E-state index is 12.5. The Morgan fingerprint density at radius 3 is 2.47 bits per heavy atom. The van der Waals surface area contributed by atoms with E-state index in [2.05, 4.69) is 10.6 Å². The van der Waals surface area contributed by atoms with Gasteiger partial charge in [0.15, 0.2) is 0 Å². The third-order valence-electron chi connectivity index (χ3n) is 4.79. The number of thiophene rings is 1. The molecule has 2 amide bonds. The number of hydrogen-bond acceptors (Lipinski definition) is 6. The van der Waals surface area contributed by atoms with Crippen molar-refractivity contribution in [3.05, 3.63) is 45.3 Å². The molecule has 0 saturated carbocycles. The Morgan fingerprint density at radius 2 is 1.77 bits per heavy atom. The molecule has 0 atom stereocenters. The molecule has 0 fully saturated rings. The number of amides is 2. The van der Waals surface area contributed by atoms with Crippen molar-refractivity contribution < 1.29 is 19.1 Å². The molecule has 0 bridgehead atoms. The molecule has 0 unspecified atom stereocenters. The first kappa shape index (κ1) is 22.3. The van der Waals surface area contributed by atoms with Gasteiger partial charge in [0.25, 0.3) is 0 Å². The van der Waals surface area contributed by atoms with Gasteiger partial charge in [0.1, 0.15) is 5.00 Å². The number of benzene rings is 1. The molecule has 7 nitrogen and oxygen atoms in total. The Morgan fingerprint density at radius 1 is 1.10 bits per heavy atom. The summed E-state index contributed by atoms with van der Waals surface area (Å²) in [5.41, 5.74) is 1.97. The van der Waals surface area contributed by atoms with Crippen LogP contribution in [0.5, 0.6) is 0 Å². The second-order valence-electron chi connectivity index (χ2n) is 7.16. The van der Waals surface area contributed by atoms with E-state index in [1.165, 1.54) is 18.4 Å². The standard InChI is InChI=1S/C21H24ClN3O4S/c1-25(11-17(26)23-15-9-5-4-8-14(15)22)12-18(27)24-20-19(21(28)29-2)13-7-3-6-10-16(13)30-20/h4-5,8-9H,3,6-7,10-12H2,1-2H3,(H,23,26)(H,24,27). The summed E-state index contributed by atoms with van der Waals surface area (Å²) in [6.07, 6.45) is 3.81. The lowest BCUT2D eigenvalue weighted by molar-refractivity contribution is -0.119. The van der Waals surface area contributed by atoms with E-state index in [1.807, 2.05) is 0 Å². The second kappa shape index (κ2) is 10.1. The summed E-state index contributed by atoms with van der Waals surface area (Å²) < 4.78 is 4.93. The minimum absolute atomic E-state index is 0.000872. The van der Waals surface area contributed by atoms with Crippen molar-refractivity contribution in [1.82, 2.24) is 4.90 Å². The first-order chi connectivity index (χ1) is 14.4. The van der Waals surface area contributed by atoms with Crippen molar-refractivity contribution in [2.24, 2.45) is 0 Å². The van der Waals surface area contributed by atoms with E-state index in [9.17, 15) is 14.4 Å². The van der Waals surface area contributed by atoms with Gasteiger partial charge in [-0.15, -0.1) is 11.3 Å². The zero-order chi connectivity index (χ0) is 21.7. The molecule has 0 saturated heterocycles. The summed E-state index contributed by atoms with van der Waals surface area (Å²) in [6, 6.07) is 6.95. The number of likely N-dealkylation sites (N-methyl/N-ethyl adjacent to an activating group) is 1. The van der Waals surface area contributed by atoms with Crippen LogP contribution < -0.4 is 10.6 Å². The minimum atomic E-state index is -0.433. The van der Waals surface area contributed by atoms with E-state index in [0.717, 1.165) is 36.1 Å². The molecule has 0 spiro atoms. The number of methoxy groups -OCH3 is 1. The van der Waals surface area contributed by atoms with Gasteiger partial charge in [0.05, 0.1) is 36.5 Å². The van der Waals surface area contributed by atoms with Gasteiger partial charge < -0.3 is 15.4 Å². The van der Waals surface area contributed by atoms with Gasteiger partial charge in [0.2, 0.25) is 11.8 Å². The fourth-order valence-electron chi connectivity index (χ4n) is 3.44. The molecule has 2 aromatic rings. The average molecular weight is 450 g/mol. The van der Waals surface area contributed by atoms with Crippen molar-refractivity contribution >= 4 is 51.4 Å². The van der Waals surface area contributed by atoms with E-state index >= 15 is 0 Å². The number of hydrogen-bond donors (Lipinski definition) is 2. The van der Waals surface area contributed by atoms with Crippen LogP contribution in [0.4, 0.5) is 10.7 Å². The van der Waals surface area contributed by atoms with Crippen LogP contribution in [0.15, 0.2) is 24.3 Å². The lowest BCUT2D eigenvalue weighted by Crippen LogP contribution is -2.36. The number of fused-ring (bicyclic) bond motifs is 1. The molecular formula is C21H24ClN3O4S. The van der Waals surface area contributed by atoms with E-state index < -0.39 is 5.97 Å². The molecule has 1 aliphatic rings. The van der Waals surface area contributed by atoms with E-state index in [1.54, 1.807) is 36.2 Å². The smallest absolute Gasteiger partial charge is 0.341 e. The van der Waals surface area contributed by atoms with E-state index in [-0.39, 0.29) is 24.9 Å². The molecule has 160 valence electrons. The summed E-state index contributed by atoms with van der Waals surface area (Å²) in [5.74, 6) is -1.01. The molecule has 1 aliphatic carbocycles. The monoisotopic (exact) mass is 449 g/mol. The van der Waals surface area contributed by atoms with Gasteiger partial charge in [-0.2, -0.15) is 0 Å². The number of halogens is 1. The van der Waals surface area contributed by atoms with Crippen molar-refractivity contribution in [3.63, 3.8) is 0 Å². The van der Waals surface area contributed by atoms with Crippen LogP contribution >= 0.6 is 22.9 Å². The van der Waals surface area contributed by atoms with E-state index in [4.69, 9.17) is 16.3 Å². The molecule has 9 heteroatoms. The van der Waals surface area contributed by atoms with Gasteiger partial charge in [-0.1, -0.05) is 23.7 Å². The number of anilines is 2. The molecule has 2 N–H and O–H groups in total. The summed E-state index contributed by atoms with van der Waals surface area (Å²) in [4.78, 5) is 39.8. The Kier molecular flexibility index (Phi) is 7.47. The van der Waals surface area contributed by atoms with Crippen LogP contribution in [0, 0.1) is 0 Å². The average Bonchev–Trinajstić information content (AvgIpc) is 3.06. The number of aryl methyl sites for hydroxylation is 1.